The lowest BCUT2D eigenvalue weighted by atomic mass is 9.86. The van der Waals surface area contributed by atoms with Gasteiger partial charge in [-0.2, -0.15) is 0 Å². The molecule has 7 heteroatoms. The summed E-state index contributed by atoms with van der Waals surface area (Å²) in [5.74, 6) is 0.0524. The van der Waals surface area contributed by atoms with Crippen LogP contribution >= 0.6 is 0 Å². The molecule has 94 valence electrons. The van der Waals surface area contributed by atoms with Crippen molar-refractivity contribution in [3.05, 3.63) is 6.33 Å². The van der Waals surface area contributed by atoms with E-state index in [-0.39, 0.29) is 24.5 Å². The topological polar surface area (TPSA) is 92.9 Å². The first kappa shape index (κ1) is 12.0. The van der Waals surface area contributed by atoms with Crippen LogP contribution in [0, 0.1) is 5.92 Å². The molecule has 1 saturated carbocycles. The summed E-state index contributed by atoms with van der Waals surface area (Å²) in [5, 5.41) is 23.1. The van der Waals surface area contributed by atoms with Gasteiger partial charge in [-0.05, 0) is 23.3 Å². The van der Waals surface area contributed by atoms with Crippen molar-refractivity contribution < 1.29 is 9.90 Å². The number of tetrazole rings is 1. The van der Waals surface area contributed by atoms with E-state index in [1.165, 1.54) is 11.0 Å². The Hall–Kier alpha value is -1.50. The van der Waals surface area contributed by atoms with Crippen LogP contribution in [0.2, 0.25) is 0 Å². The maximum atomic E-state index is 11.6. The summed E-state index contributed by atoms with van der Waals surface area (Å²) in [6, 6.07) is 0. The fraction of sp³-hybridized carbons (Fsp3) is 0.800. The molecule has 2 unspecified atom stereocenters. The van der Waals surface area contributed by atoms with Gasteiger partial charge in [0.25, 0.3) is 0 Å². The first-order chi connectivity index (χ1) is 8.25. The minimum Gasteiger partial charge on any atom is -0.393 e. The minimum atomic E-state index is -0.280. The van der Waals surface area contributed by atoms with Crippen LogP contribution < -0.4 is 5.32 Å². The zero-order valence-electron chi connectivity index (χ0n) is 9.62. The molecule has 0 spiro atoms. The number of hydrogen-bond acceptors (Lipinski definition) is 5. The molecule has 2 rings (SSSR count). The second-order valence-corrected chi connectivity index (χ2v) is 4.42. The summed E-state index contributed by atoms with van der Waals surface area (Å²) >= 11 is 0. The first-order valence-electron chi connectivity index (χ1n) is 5.91. The maximum Gasteiger partial charge on any atom is 0.241 e. The van der Waals surface area contributed by atoms with Gasteiger partial charge in [0.2, 0.25) is 5.91 Å². The third-order valence-electron chi connectivity index (χ3n) is 3.13. The van der Waals surface area contributed by atoms with E-state index in [9.17, 15) is 9.90 Å². The van der Waals surface area contributed by atoms with E-state index in [1.54, 1.807) is 0 Å². The second kappa shape index (κ2) is 5.72. The minimum absolute atomic E-state index is 0.121. The van der Waals surface area contributed by atoms with Gasteiger partial charge in [0, 0.05) is 12.5 Å². The van der Waals surface area contributed by atoms with Crippen molar-refractivity contribution in [1.29, 1.82) is 0 Å². The highest BCUT2D eigenvalue weighted by atomic mass is 16.3. The highest BCUT2D eigenvalue weighted by Crippen LogP contribution is 2.23. The van der Waals surface area contributed by atoms with Crippen LogP contribution in [0.5, 0.6) is 0 Å². The van der Waals surface area contributed by atoms with Crippen LogP contribution in [-0.4, -0.2) is 43.9 Å². The molecule has 1 aliphatic rings. The monoisotopic (exact) mass is 239 g/mol. The van der Waals surface area contributed by atoms with Crippen molar-refractivity contribution >= 4 is 5.91 Å². The summed E-state index contributed by atoms with van der Waals surface area (Å²) in [4.78, 5) is 11.6. The van der Waals surface area contributed by atoms with Crippen LogP contribution in [0.4, 0.5) is 0 Å². The van der Waals surface area contributed by atoms with Gasteiger partial charge in [-0.3, -0.25) is 4.79 Å². The fourth-order valence-corrected chi connectivity index (χ4v) is 2.13. The lowest BCUT2D eigenvalue weighted by Gasteiger charge is -2.27. The van der Waals surface area contributed by atoms with Gasteiger partial charge in [-0.25, -0.2) is 4.68 Å². The molecule has 17 heavy (non-hydrogen) atoms. The van der Waals surface area contributed by atoms with Gasteiger partial charge >= 0.3 is 0 Å². The molecule has 2 N–H and O–H groups in total. The zero-order chi connectivity index (χ0) is 12.1. The number of carbonyl (C=O) groups excluding carboxylic acids is 1. The lowest BCUT2D eigenvalue weighted by molar-refractivity contribution is -0.122. The van der Waals surface area contributed by atoms with Gasteiger partial charge < -0.3 is 10.4 Å². The predicted molar refractivity (Wildman–Crippen MR) is 58.8 cm³/mol. The van der Waals surface area contributed by atoms with E-state index < -0.39 is 0 Å². The summed E-state index contributed by atoms with van der Waals surface area (Å²) in [5.41, 5.74) is 0. The lowest BCUT2D eigenvalue weighted by Crippen LogP contribution is -2.38. The van der Waals surface area contributed by atoms with Crippen LogP contribution in [0.3, 0.4) is 0 Å². The number of carbonyl (C=O) groups is 1. The molecule has 0 aliphatic heterocycles. The smallest absolute Gasteiger partial charge is 0.241 e. The standard InChI is InChI=1S/C10H17N5O2/c16-9-4-2-1-3-8(9)5-11-10(17)6-15-7-12-13-14-15/h7-9,16H,1-6H2,(H,11,17). The zero-order valence-corrected chi connectivity index (χ0v) is 9.62. The average molecular weight is 239 g/mol. The average Bonchev–Trinajstić information content (AvgIpc) is 2.81. The van der Waals surface area contributed by atoms with E-state index >= 15 is 0 Å². The van der Waals surface area contributed by atoms with Crippen LogP contribution in [0.1, 0.15) is 25.7 Å². The number of aromatic nitrogens is 4. The molecule has 2 atom stereocenters. The molecule has 1 aromatic rings. The Balaban J connectivity index is 1.72. The van der Waals surface area contributed by atoms with E-state index in [2.05, 4.69) is 20.8 Å². The van der Waals surface area contributed by atoms with Gasteiger partial charge in [-0.15, -0.1) is 5.10 Å². The van der Waals surface area contributed by atoms with Crippen LogP contribution in [0.15, 0.2) is 6.33 Å². The van der Waals surface area contributed by atoms with Crippen LogP contribution in [-0.2, 0) is 11.3 Å². The van der Waals surface area contributed by atoms with Crippen molar-refractivity contribution in [3.8, 4) is 0 Å². The molecule has 1 fully saturated rings. The number of rotatable bonds is 4. The van der Waals surface area contributed by atoms with Gasteiger partial charge in [0.1, 0.15) is 12.9 Å². The number of nitrogens with zero attached hydrogens (tertiary/aromatic N) is 4. The van der Waals surface area contributed by atoms with E-state index in [4.69, 9.17) is 0 Å². The molecule has 1 amide bonds. The van der Waals surface area contributed by atoms with E-state index in [0.717, 1.165) is 25.7 Å². The summed E-state index contributed by atoms with van der Waals surface area (Å²) in [6.45, 7) is 0.651. The number of aliphatic hydroxyl groups excluding tert-OH is 1. The molecule has 0 radical (unpaired) electrons. The van der Waals surface area contributed by atoms with Crippen molar-refractivity contribution in [2.75, 3.05) is 6.54 Å². The second-order valence-electron chi connectivity index (χ2n) is 4.42. The van der Waals surface area contributed by atoms with Crippen LogP contribution in [0.25, 0.3) is 0 Å². The highest BCUT2D eigenvalue weighted by molar-refractivity contribution is 5.75. The largest absolute Gasteiger partial charge is 0.393 e. The Morgan fingerprint density at radius 1 is 1.47 bits per heavy atom. The Morgan fingerprint density at radius 3 is 3.00 bits per heavy atom. The number of nitrogens with one attached hydrogen (secondary N) is 1. The molecule has 0 saturated heterocycles. The Morgan fingerprint density at radius 2 is 2.29 bits per heavy atom. The van der Waals surface area contributed by atoms with Gasteiger partial charge in [-0.1, -0.05) is 12.8 Å². The number of hydrogen-bond donors (Lipinski definition) is 2. The van der Waals surface area contributed by atoms with Crippen molar-refractivity contribution in [2.45, 2.75) is 38.3 Å². The quantitative estimate of drug-likeness (QED) is 0.727. The molecular formula is C10H17N5O2. The molecule has 7 nitrogen and oxygen atoms in total. The molecule has 1 aromatic heterocycles. The normalized spacial score (nSPS) is 24.5. The molecule has 1 heterocycles. The Labute approximate surface area is 99.2 Å². The fourth-order valence-electron chi connectivity index (χ4n) is 2.13. The molecule has 1 aliphatic carbocycles. The molecule has 0 aromatic carbocycles. The molecule has 0 bridgehead atoms. The predicted octanol–water partition coefficient (Wildman–Crippen LogP) is -0.660. The Bertz CT molecular complexity index is 354. The third-order valence-corrected chi connectivity index (χ3v) is 3.13. The summed E-state index contributed by atoms with van der Waals surface area (Å²) in [7, 11) is 0. The van der Waals surface area contributed by atoms with E-state index in [0.29, 0.717) is 6.54 Å². The number of aliphatic hydroxyl groups is 1. The maximum absolute atomic E-state index is 11.6. The SMILES string of the molecule is O=C(Cn1cnnn1)NCC1CCCCC1O. The molecular weight excluding hydrogens is 222 g/mol. The third kappa shape index (κ3) is 3.48. The van der Waals surface area contributed by atoms with Crippen molar-refractivity contribution in [3.63, 3.8) is 0 Å². The van der Waals surface area contributed by atoms with Crippen molar-refractivity contribution in [2.24, 2.45) is 5.92 Å². The van der Waals surface area contributed by atoms with Gasteiger partial charge in [0.15, 0.2) is 0 Å². The first-order valence-corrected chi connectivity index (χ1v) is 5.91. The summed E-state index contributed by atoms with van der Waals surface area (Å²) < 4.78 is 1.37. The van der Waals surface area contributed by atoms with Gasteiger partial charge in [0.05, 0.1) is 6.10 Å². The number of amides is 1. The van der Waals surface area contributed by atoms with Crippen molar-refractivity contribution in [1.82, 2.24) is 25.5 Å². The van der Waals surface area contributed by atoms with E-state index in [1.807, 2.05) is 0 Å². The Kier molecular flexibility index (Phi) is 4.03. The summed E-state index contributed by atoms with van der Waals surface area (Å²) in [6.07, 6.45) is 5.15. The highest BCUT2D eigenvalue weighted by Gasteiger charge is 2.23.